The standard InChI is InChI=1S/C38H31N3O9/c1-21(42)48-26-9-12-29-33(18-26)50-34-19-27(49-22(2)43)10-13-30(34)36(29)28-11-8-25(17-31(28)37(45)46)32(44)14-7-23-3-5-24(6-4-23)20-47-38-40-16-15-35(39)41-38/h3-6,8-13,15-19,26H,7,14,20H2,1-2H3,(H,45,46)(H2,39,40,41). The highest BCUT2D eigenvalue weighted by atomic mass is 16.5. The molecular formula is C38H31N3O9. The number of esters is 2. The van der Waals surface area contributed by atoms with Crippen LogP contribution in [-0.2, 0) is 27.4 Å². The van der Waals surface area contributed by atoms with Gasteiger partial charge in [-0.25, -0.2) is 9.78 Å². The molecule has 0 fully saturated rings. The van der Waals surface area contributed by atoms with E-state index >= 15 is 0 Å². The highest BCUT2D eigenvalue weighted by Gasteiger charge is 2.31. The lowest BCUT2D eigenvalue weighted by atomic mass is 9.84. The van der Waals surface area contributed by atoms with Gasteiger partial charge in [0.1, 0.15) is 35.8 Å². The Labute approximate surface area is 286 Å². The number of ether oxygens (including phenoxy) is 4. The van der Waals surface area contributed by atoms with Crippen LogP contribution in [0.1, 0.15) is 63.2 Å². The van der Waals surface area contributed by atoms with E-state index in [9.17, 15) is 24.3 Å². The van der Waals surface area contributed by atoms with E-state index in [0.29, 0.717) is 46.0 Å². The minimum Gasteiger partial charge on any atom is -0.478 e. The molecule has 1 unspecified atom stereocenters. The molecule has 1 atom stereocenters. The third kappa shape index (κ3) is 7.60. The quantitative estimate of drug-likeness (QED) is 0.114. The van der Waals surface area contributed by atoms with Crippen LogP contribution < -0.4 is 19.9 Å². The Kier molecular flexibility index (Phi) is 9.52. The van der Waals surface area contributed by atoms with Crippen LogP contribution in [0.3, 0.4) is 0 Å². The minimum absolute atomic E-state index is 0.0846. The first kappa shape index (κ1) is 33.3. The number of allylic oxidation sites excluding steroid dienone is 1. The van der Waals surface area contributed by atoms with Crippen LogP contribution in [0.2, 0.25) is 0 Å². The van der Waals surface area contributed by atoms with Gasteiger partial charge in [0, 0.05) is 60.9 Å². The zero-order chi connectivity index (χ0) is 35.4. The maximum atomic E-state index is 13.3. The molecule has 0 bridgehead atoms. The molecule has 12 nitrogen and oxygen atoms in total. The van der Waals surface area contributed by atoms with Crippen LogP contribution in [-0.4, -0.2) is 44.9 Å². The van der Waals surface area contributed by atoms with E-state index in [1.807, 2.05) is 24.3 Å². The van der Waals surface area contributed by atoms with Crippen LogP contribution in [0.5, 0.6) is 17.5 Å². The maximum absolute atomic E-state index is 13.3. The zero-order valence-corrected chi connectivity index (χ0v) is 27.0. The summed E-state index contributed by atoms with van der Waals surface area (Å²) in [7, 11) is 0. The number of nitrogen functional groups attached to an aromatic ring is 1. The second-order valence-electron chi connectivity index (χ2n) is 11.5. The van der Waals surface area contributed by atoms with Gasteiger partial charge in [0.25, 0.3) is 0 Å². The summed E-state index contributed by atoms with van der Waals surface area (Å²) < 4.78 is 22.3. The summed E-state index contributed by atoms with van der Waals surface area (Å²) in [5.74, 6) is -1.28. The molecule has 0 amide bonds. The number of carboxylic acid groups (broad SMARTS) is 1. The summed E-state index contributed by atoms with van der Waals surface area (Å²) >= 11 is 0. The topological polar surface area (TPSA) is 177 Å². The third-order valence-electron chi connectivity index (χ3n) is 7.84. The molecule has 0 saturated carbocycles. The number of fused-ring (bicyclic) bond motifs is 2. The number of anilines is 1. The fourth-order valence-corrected chi connectivity index (χ4v) is 5.59. The average molecular weight is 674 g/mol. The lowest BCUT2D eigenvalue weighted by molar-refractivity contribution is -0.142. The van der Waals surface area contributed by atoms with Crippen LogP contribution in [0.4, 0.5) is 5.82 Å². The Morgan fingerprint density at radius 2 is 1.68 bits per heavy atom. The highest BCUT2D eigenvalue weighted by Crippen LogP contribution is 2.45. The summed E-state index contributed by atoms with van der Waals surface area (Å²) in [5, 5.41) is 10.4. The lowest BCUT2D eigenvalue weighted by Gasteiger charge is -2.29. The molecule has 3 N–H and O–H groups in total. The number of Topliss-reactive ketones (excluding diaryl/α,β-unsaturated/α-hetero) is 1. The number of nitrogens with zero attached hydrogens (tertiary/aromatic N) is 2. The van der Waals surface area contributed by atoms with E-state index in [-0.39, 0.29) is 41.7 Å². The Morgan fingerprint density at radius 1 is 0.920 bits per heavy atom. The van der Waals surface area contributed by atoms with Crippen LogP contribution >= 0.6 is 0 Å². The fourth-order valence-electron chi connectivity index (χ4n) is 5.59. The van der Waals surface area contributed by atoms with Gasteiger partial charge < -0.3 is 29.8 Å². The molecule has 12 heteroatoms. The second-order valence-corrected chi connectivity index (χ2v) is 11.5. The van der Waals surface area contributed by atoms with Crippen molar-refractivity contribution in [3.63, 3.8) is 0 Å². The predicted octanol–water partition coefficient (Wildman–Crippen LogP) is 5.66. The van der Waals surface area contributed by atoms with Crippen LogP contribution in [0, 0.1) is 0 Å². The molecule has 0 saturated heterocycles. The van der Waals surface area contributed by atoms with Crippen LogP contribution in [0.25, 0.3) is 5.57 Å². The van der Waals surface area contributed by atoms with Crippen molar-refractivity contribution in [2.45, 2.75) is 39.4 Å². The van der Waals surface area contributed by atoms with Gasteiger partial charge in [-0.05, 0) is 53.5 Å². The minimum atomic E-state index is -1.23. The number of benzene rings is 3. The third-order valence-corrected chi connectivity index (χ3v) is 7.84. The zero-order valence-electron chi connectivity index (χ0n) is 27.0. The molecule has 252 valence electrons. The fraction of sp³-hybridized carbons (Fsp3) is 0.158. The van der Waals surface area contributed by atoms with Gasteiger partial charge in [0.05, 0.1) is 5.56 Å². The number of hydrogen-bond acceptors (Lipinski definition) is 11. The molecule has 6 rings (SSSR count). The number of aromatic nitrogens is 2. The van der Waals surface area contributed by atoms with Gasteiger partial charge in [-0.3, -0.25) is 14.4 Å². The van der Waals surface area contributed by atoms with Crippen molar-refractivity contribution >= 4 is 35.1 Å². The summed E-state index contributed by atoms with van der Waals surface area (Å²) in [4.78, 5) is 57.3. The van der Waals surface area contributed by atoms with Crippen molar-refractivity contribution in [1.29, 1.82) is 0 Å². The molecule has 4 aromatic rings. The Hall–Kier alpha value is -6.56. The lowest BCUT2D eigenvalue weighted by Crippen LogP contribution is -2.20. The van der Waals surface area contributed by atoms with E-state index in [0.717, 1.165) is 11.1 Å². The Balaban J connectivity index is 1.24. The number of carbonyl (C=O) groups is 4. The summed E-state index contributed by atoms with van der Waals surface area (Å²) in [6, 6.07) is 18.7. The first-order chi connectivity index (χ1) is 24.0. The number of aryl methyl sites for hydroxylation is 1. The molecule has 0 spiro atoms. The average Bonchev–Trinajstić information content (AvgIpc) is 3.08. The molecule has 2 heterocycles. The summed E-state index contributed by atoms with van der Waals surface area (Å²) in [5.41, 5.74) is 9.60. The maximum Gasteiger partial charge on any atom is 0.336 e. The van der Waals surface area contributed by atoms with Crippen molar-refractivity contribution < 1.29 is 43.2 Å². The van der Waals surface area contributed by atoms with Gasteiger partial charge in [-0.2, -0.15) is 4.98 Å². The monoisotopic (exact) mass is 673 g/mol. The number of ketones is 1. The largest absolute Gasteiger partial charge is 0.478 e. The molecule has 2 aliphatic rings. The molecule has 0 radical (unpaired) electrons. The van der Waals surface area contributed by atoms with E-state index in [4.69, 9.17) is 24.7 Å². The number of hydrogen-bond donors (Lipinski definition) is 2. The Morgan fingerprint density at radius 3 is 2.40 bits per heavy atom. The molecular weight excluding hydrogens is 642 g/mol. The van der Waals surface area contributed by atoms with E-state index in [1.165, 1.54) is 32.2 Å². The number of carboxylic acids is 1. The SMILES string of the molecule is CC(=O)Oc1ccc2c(c1)OC1=CC(OC(C)=O)C=CC1=C2c1ccc(C(=O)CCc2ccc(COc3nccc(N)n3)cc2)cc1C(=O)O. The summed E-state index contributed by atoms with van der Waals surface area (Å²) in [6.07, 6.45) is 6.36. The highest BCUT2D eigenvalue weighted by molar-refractivity contribution is 6.04. The molecule has 1 aliphatic heterocycles. The van der Waals surface area contributed by atoms with Gasteiger partial charge in [0.2, 0.25) is 0 Å². The van der Waals surface area contributed by atoms with E-state index in [1.54, 1.807) is 48.6 Å². The van der Waals surface area contributed by atoms with Crippen molar-refractivity contribution in [1.82, 2.24) is 9.97 Å². The number of nitrogens with two attached hydrogens (primary N) is 1. The normalized spacial score (nSPS) is 14.4. The molecule has 3 aromatic carbocycles. The predicted molar refractivity (Wildman–Crippen MR) is 180 cm³/mol. The Bertz CT molecular complexity index is 2120. The number of rotatable bonds is 11. The molecule has 50 heavy (non-hydrogen) atoms. The van der Waals surface area contributed by atoms with Crippen LogP contribution in [0.15, 0.2) is 102 Å². The van der Waals surface area contributed by atoms with Crippen molar-refractivity contribution in [2.75, 3.05) is 5.73 Å². The van der Waals surface area contributed by atoms with Gasteiger partial charge >= 0.3 is 23.9 Å². The van der Waals surface area contributed by atoms with Gasteiger partial charge in [-0.15, -0.1) is 0 Å². The number of aromatic carboxylic acids is 1. The van der Waals surface area contributed by atoms with E-state index in [2.05, 4.69) is 9.97 Å². The van der Waals surface area contributed by atoms with Crippen molar-refractivity contribution in [3.8, 4) is 17.5 Å². The summed E-state index contributed by atoms with van der Waals surface area (Å²) in [6.45, 7) is 2.81. The first-order valence-electron chi connectivity index (χ1n) is 15.6. The molecule has 1 aliphatic carbocycles. The van der Waals surface area contributed by atoms with E-state index < -0.39 is 24.0 Å². The number of carbonyl (C=O) groups excluding carboxylic acids is 3. The first-order valence-corrected chi connectivity index (χ1v) is 15.6. The van der Waals surface area contributed by atoms with Crippen molar-refractivity contribution in [2.24, 2.45) is 0 Å². The smallest absolute Gasteiger partial charge is 0.336 e. The molecule has 1 aromatic heterocycles. The second kappa shape index (κ2) is 14.3. The van der Waals surface area contributed by atoms with Gasteiger partial charge in [0.15, 0.2) is 5.78 Å². The van der Waals surface area contributed by atoms with Gasteiger partial charge in [-0.1, -0.05) is 42.5 Å². The van der Waals surface area contributed by atoms with Crippen molar-refractivity contribution in [3.05, 3.63) is 136 Å².